The van der Waals surface area contributed by atoms with Gasteiger partial charge in [0.05, 0.1) is 5.92 Å². The third-order valence-corrected chi connectivity index (χ3v) is 6.94. The monoisotopic (exact) mass is 440 g/mol. The van der Waals surface area contributed by atoms with Crippen LogP contribution < -0.4 is 5.32 Å². The molecule has 0 spiro atoms. The van der Waals surface area contributed by atoms with Gasteiger partial charge in [0.2, 0.25) is 5.91 Å². The second-order valence-corrected chi connectivity index (χ2v) is 9.37. The molecule has 1 saturated heterocycles. The molecule has 0 bridgehead atoms. The first-order valence-corrected chi connectivity index (χ1v) is 12.3. The van der Waals surface area contributed by atoms with Crippen molar-refractivity contribution in [2.75, 3.05) is 26.2 Å². The molecule has 3 aromatic carbocycles. The summed E-state index contributed by atoms with van der Waals surface area (Å²) in [5.74, 6) is 0.500. The van der Waals surface area contributed by atoms with Crippen molar-refractivity contribution < 1.29 is 4.79 Å². The van der Waals surface area contributed by atoms with Gasteiger partial charge in [0.15, 0.2) is 0 Å². The Balaban J connectivity index is 1.26. The normalized spacial score (nSPS) is 15.0. The number of piperidine rings is 1. The van der Waals surface area contributed by atoms with Gasteiger partial charge in [-0.05, 0) is 80.9 Å². The molecule has 1 heterocycles. The molecule has 3 aromatic rings. The number of carbonyl (C=O) groups is 1. The number of hydrogen-bond acceptors (Lipinski definition) is 2. The zero-order chi connectivity index (χ0) is 23.0. The van der Waals surface area contributed by atoms with E-state index in [9.17, 15) is 4.79 Å². The topological polar surface area (TPSA) is 32.3 Å². The molecule has 4 rings (SSSR count). The van der Waals surface area contributed by atoms with Crippen LogP contribution in [0.25, 0.3) is 0 Å². The highest BCUT2D eigenvalue weighted by molar-refractivity contribution is 5.87. The highest BCUT2D eigenvalue weighted by Gasteiger charge is 2.23. The molecule has 3 heteroatoms. The number of nitrogens with zero attached hydrogens (tertiary/aromatic N) is 1. The average Bonchev–Trinajstić information content (AvgIpc) is 2.85. The molecular formula is C30H36N2O. The number of amides is 1. The van der Waals surface area contributed by atoms with E-state index < -0.39 is 0 Å². The predicted octanol–water partition coefficient (Wildman–Crippen LogP) is 5.82. The quantitative estimate of drug-likeness (QED) is 0.448. The van der Waals surface area contributed by atoms with Crippen molar-refractivity contribution in [3.05, 3.63) is 107 Å². The van der Waals surface area contributed by atoms with E-state index in [1.165, 1.54) is 29.5 Å². The lowest BCUT2D eigenvalue weighted by Crippen LogP contribution is -2.36. The Hall–Kier alpha value is -2.91. The summed E-state index contributed by atoms with van der Waals surface area (Å²) < 4.78 is 0. The summed E-state index contributed by atoms with van der Waals surface area (Å²) in [6.07, 6.45) is 3.43. The number of benzene rings is 3. The summed E-state index contributed by atoms with van der Waals surface area (Å²) in [4.78, 5) is 15.7. The smallest absolute Gasteiger partial charge is 0.232 e. The van der Waals surface area contributed by atoms with Crippen molar-refractivity contribution in [3.8, 4) is 0 Å². The van der Waals surface area contributed by atoms with Crippen LogP contribution in [-0.4, -0.2) is 37.0 Å². The Morgan fingerprint density at radius 1 is 0.909 bits per heavy atom. The van der Waals surface area contributed by atoms with Crippen molar-refractivity contribution in [1.82, 2.24) is 10.2 Å². The van der Waals surface area contributed by atoms with E-state index in [1.807, 2.05) is 60.7 Å². The number of nitrogens with one attached hydrogen (secondary N) is 1. The van der Waals surface area contributed by atoms with E-state index in [1.54, 1.807) is 0 Å². The van der Waals surface area contributed by atoms with E-state index in [2.05, 4.69) is 42.3 Å². The van der Waals surface area contributed by atoms with E-state index in [-0.39, 0.29) is 11.8 Å². The highest BCUT2D eigenvalue weighted by Crippen LogP contribution is 2.31. The second kappa shape index (κ2) is 11.3. The Bertz CT molecular complexity index is 984. The van der Waals surface area contributed by atoms with E-state index in [4.69, 9.17) is 0 Å². The van der Waals surface area contributed by atoms with E-state index >= 15 is 0 Å². The van der Waals surface area contributed by atoms with Crippen LogP contribution in [-0.2, 0) is 4.79 Å². The predicted molar refractivity (Wildman–Crippen MR) is 137 cm³/mol. The molecule has 33 heavy (non-hydrogen) atoms. The second-order valence-electron chi connectivity index (χ2n) is 9.37. The van der Waals surface area contributed by atoms with Gasteiger partial charge in [0.1, 0.15) is 0 Å². The summed E-state index contributed by atoms with van der Waals surface area (Å²) in [6.45, 7) is 8.47. The molecule has 1 fully saturated rings. The standard InChI is InChI=1S/C30H36N2O/c1-23-14-15-24(2)28(22-23)25-16-20-32(21-17-25)19-9-18-31-30(33)29(26-10-5-3-6-11-26)27-12-7-4-8-13-27/h3-8,10-15,22,25,29H,9,16-21H2,1-2H3,(H,31,33). The van der Waals surface area contributed by atoms with E-state index in [0.29, 0.717) is 12.5 Å². The van der Waals surface area contributed by atoms with Gasteiger partial charge < -0.3 is 10.2 Å². The molecule has 0 saturated carbocycles. The van der Waals surface area contributed by atoms with Crippen molar-refractivity contribution in [1.29, 1.82) is 0 Å². The highest BCUT2D eigenvalue weighted by atomic mass is 16.1. The minimum Gasteiger partial charge on any atom is -0.355 e. The molecule has 0 aliphatic carbocycles. The molecule has 1 aliphatic rings. The first kappa shape index (κ1) is 23.3. The van der Waals surface area contributed by atoms with Crippen molar-refractivity contribution in [3.63, 3.8) is 0 Å². The van der Waals surface area contributed by atoms with Gasteiger partial charge in [-0.15, -0.1) is 0 Å². The lowest BCUT2D eigenvalue weighted by Gasteiger charge is -2.33. The number of hydrogen-bond donors (Lipinski definition) is 1. The lowest BCUT2D eigenvalue weighted by molar-refractivity contribution is -0.121. The maximum absolute atomic E-state index is 13.1. The maximum atomic E-state index is 13.1. The number of likely N-dealkylation sites (tertiary alicyclic amines) is 1. The molecule has 0 aromatic heterocycles. The molecule has 1 aliphatic heterocycles. The number of rotatable bonds is 8. The zero-order valence-electron chi connectivity index (χ0n) is 20.0. The molecule has 3 nitrogen and oxygen atoms in total. The van der Waals surface area contributed by atoms with Crippen LogP contribution in [0.3, 0.4) is 0 Å². The van der Waals surface area contributed by atoms with E-state index in [0.717, 1.165) is 37.2 Å². The molecule has 1 amide bonds. The Morgan fingerprint density at radius 3 is 2.12 bits per heavy atom. The van der Waals surface area contributed by atoms with Gasteiger partial charge in [-0.25, -0.2) is 0 Å². The van der Waals surface area contributed by atoms with Gasteiger partial charge in [-0.3, -0.25) is 4.79 Å². The number of carbonyl (C=O) groups excluding carboxylic acids is 1. The number of aryl methyl sites for hydroxylation is 2. The fourth-order valence-corrected chi connectivity index (χ4v) is 5.07. The summed E-state index contributed by atoms with van der Waals surface area (Å²) in [5, 5.41) is 3.20. The van der Waals surface area contributed by atoms with Crippen LogP contribution in [0.5, 0.6) is 0 Å². The fourth-order valence-electron chi connectivity index (χ4n) is 5.07. The summed E-state index contributed by atoms with van der Waals surface area (Å²) in [7, 11) is 0. The minimum atomic E-state index is -0.263. The first-order chi connectivity index (χ1) is 16.1. The van der Waals surface area contributed by atoms with Gasteiger partial charge in [0.25, 0.3) is 0 Å². The molecule has 0 radical (unpaired) electrons. The first-order valence-electron chi connectivity index (χ1n) is 12.3. The van der Waals surface area contributed by atoms with Crippen LogP contribution >= 0.6 is 0 Å². The summed E-state index contributed by atoms with van der Waals surface area (Å²) in [6, 6.07) is 27.0. The van der Waals surface area contributed by atoms with Crippen molar-refractivity contribution in [2.24, 2.45) is 0 Å². The Morgan fingerprint density at radius 2 is 1.52 bits per heavy atom. The molecular weight excluding hydrogens is 404 g/mol. The van der Waals surface area contributed by atoms with Gasteiger partial charge >= 0.3 is 0 Å². The van der Waals surface area contributed by atoms with Crippen LogP contribution in [0.4, 0.5) is 0 Å². The minimum absolute atomic E-state index is 0.0843. The van der Waals surface area contributed by atoms with Crippen LogP contribution in [0.1, 0.15) is 58.9 Å². The van der Waals surface area contributed by atoms with Crippen molar-refractivity contribution in [2.45, 2.75) is 44.9 Å². The average molecular weight is 441 g/mol. The molecule has 172 valence electrons. The van der Waals surface area contributed by atoms with Crippen molar-refractivity contribution >= 4 is 5.91 Å². The maximum Gasteiger partial charge on any atom is 0.232 e. The van der Waals surface area contributed by atoms with Gasteiger partial charge in [0, 0.05) is 6.54 Å². The third kappa shape index (κ3) is 6.11. The molecule has 0 unspecified atom stereocenters. The van der Waals surface area contributed by atoms with Crippen LogP contribution in [0, 0.1) is 13.8 Å². The zero-order valence-corrected chi connectivity index (χ0v) is 20.0. The lowest BCUT2D eigenvalue weighted by atomic mass is 9.86. The SMILES string of the molecule is Cc1ccc(C)c(C2CCN(CCCNC(=O)C(c3ccccc3)c3ccccc3)CC2)c1. The molecule has 1 N–H and O–H groups in total. The van der Waals surface area contributed by atoms with Crippen LogP contribution in [0.15, 0.2) is 78.9 Å². The third-order valence-electron chi connectivity index (χ3n) is 6.94. The largest absolute Gasteiger partial charge is 0.355 e. The van der Waals surface area contributed by atoms with Gasteiger partial charge in [-0.2, -0.15) is 0 Å². The Kier molecular flexibility index (Phi) is 7.96. The Labute approximate surface area is 198 Å². The summed E-state index contributed by atoms with van der Waals surface area (Å²) in [5.41, 5.74) is 6.39. The summed E-state index contributed by atoms with van der Waals surface area (Å²) >= 11 is 0. The fraction of sp³-hybridized carbons (Fsp3) is 0.367. The molecule has 0 atom stereocenters. The van der Waals surface area contributed by atoms with Crippen LogP contribution in [0.2, 0.25) is 0 Å². The van der Waals surface area contributed by atoms with Gasteiger partial charge in [-0.1, -0.05) is 84.4 Å².